The van der Waals surface area contributed by atoms with Gasteiger partial charge in [0, 0.05) is 41.0 Å². The molecule has 2 aromatic rings. The molecule has 23 heavy (non-hydrogen) atoms. The molecule has 0 aromatic carbocycles. The Bertz CT molecular complexity index is 566. The Labute approximate surface area is 158 Å². The predicted molar refractivity (Wildman–Crippen MR) is 101 cm³/mol. The number of pyridine rings is 2. The van der Waals surface area contributed by atoms with Gasteiger partial charge in [0.2, 0.25) is 0 Å². The summed E-state index contributed by atoms with van der Waals surface area (Å²) in [4.78, 5) is 10.4. The summed E-state index contributed by atoms with van der Waals surface area (Å²) in [6.07, 6.45) is 5.61. The van der Waals surface area contributed by atoms with Crippen molar-refractivity contribution in [3.8, 4) is 0 Å². The number of hydrogen-bond acceptors (Lipinski definition) is 4. The molecule has 0 spiro atoms. The lowest BCUT2D eigenvalue weighted by Gasteiger charge is -2.31. The highest BCUT2D eigenvalue weighted by atomic mass is 79.9. The molecule has 7 heteroatoms. The number of piperidine rings is 1. The average molecular weight is 464 g/mol. The Morgan fingerprint density at radius 1 is 1.04 bits per heavy atom. The zero-order valence-electron chi connectivity index (χ0n) is 12.5. The van der Waals surface area contributed by atoms with E-state index in [1.807, 2.05) is 24.4 Å². The van der Waals surface area contributed by atoms with Crippen molar-refractivity contribution in [2.45, 2.75) is 12.8 Å². The first-order valence-electron chi connectivity index (χ1n) is 7.33. The number of anilines is 1. The SMILES string of the molecule is Clc1ccc(Br)cn1.OCC1CCN(c2ccc(Br)cn2)CC1. The largest absolute Gasteiger partial charge is 0.396 e. The van der Waals surface area contributed by atoms with E-state index in [0.717, 1.165) is 40.7 Å². The molecule has 3 rings (SSSR count). The molecule has 0 bridgehead atoms. The summed E-state index contributed by atoms with van der Waals surface area (Å²) in [6.45, 7) is 2.32. The molecule has 3 heterocycles. The van der Waals surface area contributed by atoms with Gasteiger partial charge >= 0.3 is 0 Å². The zero-order valence-corrected chi connectivity index (χ0v) is 16.4. The molecule has 0 aliphatic carbocycles. The minimum Gasteiger partial charge on any atom is -0.396 e. The first-order chi connectivity index (χ1) is 11.1. The van der Waals surface area contributed by atoms with Crippen LogP contribution in [-0.2, 0) is 0 Å². The Balaban J connectivity index is 0.000000203. The summed E-state index contributed by atoms with van der Waals surface area (Å²) in [5.41, 5.74) is 0. The van der Waals surface area contributed by atoms with Crippen molar-refractivity contribution in [1.29, 1.82) is 0 Å². The van der Waals surface area contributed by atoms with Crippen molar-refractivity contribution in [2.24, 2.45) is 5.92 Å². The van der Waals surface area contributed by atoms with E-state index in [-0.39, 0.29) is 0 Å². The van der Waals surface area contributed by atoms with Crippen LogP contribution >= 0.6 is 43.5 Å². The van der Waals surface area contributed by atoms with Crippen molar-refractivity contribution in [1.82, 2.24) is 9.97 Å². The highest BCUT2D eigenvalue weighted by molar-refractivity contribution is 9.10. The van der Waals surface area contributed by atoms with E-state index in [2.05, 4.69) is 46.7 Å². The van der Waals surface area contributed by atoms with E-state index in [1.165, 1.54) is 0 Å². The first-order valence-corrected chi connectivity index (χ1v) is 9.29. The van der Waals surface area contributed by atoms with Crippen LogP contribution in [0, 0.1) is 5.92 Å². The molecule has 1 aliphatic heterocycles. The number of aliphatic hydroxyl groups is 1. The fourth-order valence-corrected chi connectivity index (χ4v) is 2.84. The van der Waals surface area contributed by atoms with Crippen molar-refractivity contribution in [3.63, 3.8) is 0 Å². The summed E-state index contributed by atoms with van der Waals surface area (Å²) >= 11 is 12.1. The molecule has 124 valence electrons. The Morgan fingerprint density at radius 3 is 2.09 bits per heavy atom. The fraction of sp³-hybridized carbons (Fsp3) is 0.375. The number of hydrogen-bond donors (Lipinski definition) is 1. The average Bonchev–Trinajstić information content (AvgIpc) is 2.59. The van der Waals surface area contributed by atoms with Gasteiger partial charge in [-0.15, -0.1) is 0 Å². The van der Waals surface area contributed by atoms with Crippen LogP contribution in [0.2, 0.25) is 5.15 Å². The molecule has 2 aromatic heterocycles. The van der Waals surface area contributed by atoms with Gasteiger partial charge in [-0.25, -0.2) is 9.97 Å². The molecule has 0 radical (unpaired) electrons. The van der Waals surface area contributed by atoms with Crippen LogP contribution in [0.15, 0.2) is 45.6 Å². The summed E-state index contributed by atoms with van der Waals surface area (Å²) < 4.78 is 1.96. The van der Waals surface area contributed by atoms with Gasteiger partial charge < -0.3 is 10.0 Å². The Kier molecular flexibility index (Phi) is 7.76. The monoisotopic (exact) mass is 461 g/mol. The van der Waals surface area contributed by atoms with E-state index < -0.39 is 0 Å². The van der Waals surface area contributed by atoms with E-state index in [4.69, 9.17) is 16.7 Å². The van der Waals surface area contributed by atoms with Crippen molar-refractivity contribution in [3.05, 3.63) is 50.8 Å². The normalized spacial score (nSPS) is 15.0. The first kappa shape index (κ1) is 18.6. The minimum atomic E-state index is 0.321. The van der Waals surface area contributed by atoms with Crippen LogP contribution in [-0.4, -0.2) is 34.8 Å². The summed E-state index contributed by atoms with van der Waals surface area (Å²) in [5, 5.41) is 9.57. The number of aliphatic hydroxyl groups excluding tert-OH is 1. The zero-order chi connectivity index (χ0) is 16.7. The van der Waals surface area contributed by atoms with Gasteiger partial charge in [-0.3, -0.25) is 0 Å². The Morgan fingerprint density at radius 2 is 1.65 bits per heavy atom. The topological polar surface area (TPSA) is 49.3 Å². The summed E-state index contributed by atoms with van der Waals surface area (Å²) in [7, 11) is 0. The van der Waals surface area contributed by atoms with E-state index in [1.54, 1.807) is 12.3 Å². The maximum Gasteiger partial charge on any atom is 0.129 e. The van der Waals surface area contributed by atoms with Gasteiger partial charge in [-0.05, 0) is 74.9 Å². The molecule has 4 nitrogen and oxygen atoms in total. The molecular weight excluding hydrogens is 445 g/mol. The lowest BCUT2D eigenvalue weighted by molar-refractivity contribution is 0.203. The third-order valence-electron chi connectivity index (χ3n) is 3.60. The molecule has 1 aliphatic rings. The molecule has 0 unspecified atom stereocenters. The minimum absolute atomic E-state index is 0.321. The summed E-state index contributed by atoms with van der Waals surface area (Å²) in [5.74, 6) is 1.52. The van der Waals surface area contributed by atoms with Gasteiger partial charge in [0.15, 0.2) is 0 Å². The van der Waals surface area contributed by atoms with Crippen molar-refractivity contribution in [2.75, 3.05) is 24.6 Å². The van der Waals surface area contributed by atoms with E-state index >= 15 is 0 Å². The number of rotatable bonds is 2. The number of nitrogens with zero attached hydrogens (tertiary/aromatic N) is 3. The molecular formula is C16H18Br2ClN3O. The quantitative estimate of drug-likeness (QED) is 0.664. The molecule has 0 saturated carbocycles. The smallest absolute Gasteiger partial charge is 0.129 e. The molecule has 0 atom stereocenters. The van der Waals surface area contributed by atoms with Crippen LogP contribution in [0.3, 0.4) is 0 Å². The van der Waals surface area contributed by atoms with Gasteiger partial charge in [-0.2, -0.15) is 0 Å². The lowest BCUT2D eigenvalue weighted by atomic mass is 9.98. The number of halogens is 3. The van der Waals surface area contributed by atoms with Gasteiger partial charge in [0.05, 0.1) is 0 Å². The van der Waals surface area contributed by atoms with Crippen molar-refractivity contribution < 1.29 is 5.11 Å². The second-order valence-corrected chi connectivity index (χ2v) is 7.47. The van der Waals surface area contributed by atoms with Gasteiger partial charge in [0.25, 0.3) is 0 Å². The predicted octanol–water partition coefficient (Wildman–Crippen LogP) is 4.55. The second-order valence-electron chi connectivity index (χ2n) is 5.25. The number of aromatic nitrogens is 2. The maximum atomic E-state index is 9.04. The molecule has 1 fully saturated rings. The van der Waals surface area contributed by atoms with Crippen molar-refractivity contribution >= 4 is 49.3 Å². The van der Waals surface area contributed by atoms with Crippen LogP contribution in [0.25, 0.3) is 0 Å². The van der Waals surface area contributed by atoms with Crippen LogP contribution in [0.4, 0.5) is 5.82 Å². The highest BCUT2D eigenvalue weighted by Crippen LogP contribution is 2.22. The fourth-order valence-electron chi connectivity index (χ4n) is 2.26. The van der Waals surface area contributed by atoms with Crippen LogP contribution < -0.4 is 4.90 Å². The standard InChI is InChI=1S/C11H15BrN2O.C5H3BrClN/c12-10-1-2-11(13-7-10)14-5-3-9(8-15)4-6-14;6-4-1-2-5(7)8-3-4/h1-2,7,9,15H,3-6,8H2;1-3H. The third-order valence-corrected chi connectivity index (χ3v) is 4.76. The lowest BCUT2D eigenvalue weighted by Crippen LogP contribution is -2.35. The molecule has 0 amide bonds. The van der Waals surface area contributed by atoms with Crippen LogP contribution in [0.1, 0.15) is 12.8 Å². The van der Waals surface area contributed by atoms with Gasteiger partial charge in [-0.1, -0.05) is 11.6 Å². The molecule has 1 saturated heterocycles. The van der Waals surface area contributed by atoms with Crippen LogP contribution in [0.5, 0.6) is 0 Å². The van der Waals surface area contributed by atoms with E-state index in [0.29, 0.717) is 17.7 Å². The third kappa shape index (κ3) is 6.37. The highest BCUT2D eigenvalue weighted by Gasteiger charge is 2.19. The second kappa shape index (κ2) is 9.57. The molecule has 1 N–H and O–H groups in total. The van der Waals surface area contributed by atoms with E-state index in [9.17, 15) is 0 Å². The Hall–Kier alpha value is -0.690. The van der Waals surface area contributed by atoms with Gasteiger partial charge in [0.1, 0.15) is 11.0 Å². The maximum absolute atomic E-state index is 9.04. The summed E-state index contributed by atoms with van der Waals surface area (Å²) in [6, 6.07) is 7.62.